The number of hydrogen-bond acceptors (Lipinski definition) is 7. The fourth-order valence-corrected chi connectivity index (χ4v) is 4.39. The molecule has 0 aliphatic carbocycles. The van der Waals surface area contributed by atoms with Crippen molar-refractivity contribution in [3.8, 4) is 0 Å². The van der Waals surface area contributed by atoms with Crippen molar-refractivity contribution in [2.75, 3.05) is 32.1 Å². The highest BCUT2D eigenvalue weighted by molar-refractivity contribution is 7.16. The maximum absolute atomic E-state index is 12.3. The number of anilines is 1. The van der Waals surface area contributed by atoms with Crippen molar-refractivity contribution in [1.29, 1.82) is 0 Å². The number of thiophene rings is 1. The van der Waals surface area contributed by atoms with Crippen LogP contribution in [0.4, 0.5) is 9.80 Å². The minimum absolute atomic E-state index is 0.203. The SMILES string of the molecule is CNc1sc2c(c1CN)CCN(C(=O)OCC1COC(C)(C)O1)C2. The van der Waals surface area contributed by atoms with Crippen LogP contribution in [0.1, 0.15) is 29.9 Å². The van der Waals surface area contributed by atoms with E-state index in [4.69, 9.17) is 19.9 Å². The summed E-state index contributed by atoms with van der Waals surface area (Å²) in [6, 6.07) is 0. The van der Waals surface area contributed by atoms with Crippen molar-refractivity contribution in [3.63, 3.8) is 0 Å². The number of amides is 1. The van der Waals surface area contributed by atoms with Gasteiger partial charge in [0.15, 0.2) is 5.79 Å². The first kappa shape index (κ1) is 17.5. The third-order valence-corrected chi connectivity index (χ3v) is 5.59. The normalized spacial score (nSPS) is 22.3. The van der Waals surface area contributed by atoms with Crippen LogP contribution in [-0.2, 0) is 33.7 Å². The number of carbonyl (C=O) groups is 1. The Labute approximate surface area is 146 Å². The molecule has 3 heterocycles. The minimum atomic E-state index is -0.601. The maximum atomic E-state index is 12.3. The minimum Gasteiger partial charge on any atom is -0.447 e. The zero-order valence-corrected chi connectivity index (χ0v) is 15.2. The van der Waals surface area contributed by atoms with Crippen molar-refractivity contribution < 1.29 is 19.0 Å². The number of carbonyl (C=O) groups excluding carboxylic acids is 1. The second-order valence-electron chi connectivity index (χ2n) is 6.46. The van der Waals surface area contributed by atoms with Gasteiger partial charge in [0.05, 0.1) is 18.2 Å². The molecular formula is C16H25N3O4S. The molecule has 1 aromatic rings. The first-order chi connectivity index (χ1) is 11.4. The van der Waals surface area contributed by atoms with Gasteiger partial charge in [0.25, 0.3) is 0 Å². The van der Waals surface area contributed by atoms with E-state index in [2.05, 4.69) is 5.32 Å². The van der Waals surface area contributed by atoms with Gasteiger partial charge in [0, 0.05) is 30.6 Å². The quantitative estimate of drug-likeness (QED) is 0.858. The topological polar surface area (TPSA) is 86.1 Å². The molecule has 2 aliphatic heterocycles. The van der Waals surface area contributed by atoms with Crippen LogP contribution >= 0.6 is 11.3 Å². The Morgan fingerprint density at radius 1 is 1.54 bits per heavy atom. The van der Waals surface area contributed by atoms with E-state index in [1.165, 1.54) is 16.0 Å². The molecule has 134 valence electrons. The van der Waals surface area contributed by atoms with Gasteiger partial charge in [-0.2, -0.15) is 0 Å². The largest absolute Gasteiger partial charge is 0.447 e. The van der Waals surface area contributed by atoms with E-state index in [9.17, 15) is 4.79 Å². The van der Waals surface area contributed by atoms with Crippen LogP contribution < -0.4 is 11.1 Å². The van der Waals surface area contributed by atoms with Crippen molar-refractivity contribution in [1.82, 2.24) is 4.90 Å². The Kier molecular flexibility index (Phi) is 5.00. The van der Waals surface area contributed by atoms with E-state index < -0.39 is 5.79 Å². The smallest absolute Gasteiger partial charge is 0.410 e. The average Bonchev–Trinajstić information content (AvgIpc) is 3.10. The fourth-order valence-electron chi connectivity index (χ4n) is 3.14. The molecule has 0 bridgehead atoms. The molecule has 8 heteroatoms. The van der Waals surface area contributed by atoms with Gasteiger partial charge in [0.2, 0.25) is 0 Å². The lowest BCUT2D eigenvalue weighted by atomic mass is 10.0. The van der Waals surface area contributed by atoms with Crippen LogP contribution in [0.25, 0.3) is 0 Å². The van der Waals surface area contributed by atoms with Gasteiger partial charge in [-0.05, 0) is 25.8 Å². The van der Waals surface area contributed by atoms with Crippen LogP contribution in [0.3, 0.4) is 0 Å². The molecule has 7 nitrogen and oxygen atoms in total. The van der Waals surface area contributed by atoms with Gasteiger partial charge in [-0.25, -0.2) is 4.79 Å². The predicted molar refractivity (Wildman–Crippen MR) is 92.1 cm³/mol. The summed E-state index contributed by atoms with van der Waals surface area (Å²) >= 11 is 1.67. The van der Waals surface area contributed by atoms with Gasteiger partial charge in [-0.3, -0.25) is 0 Å². The van der Waals surface area contributed by atoms with Gasteiger partial charge < -0.3 is 30.2 Å². The second-order valence-corrected chi connectivity index (χ2v) is 7.57. The Morgan fingerprint density at radius 3 is 2.96 bits per heavy atom. The summed E-state index contributed by atoms with van der Waals surface area (Å²) in [4.78, 5) is 15.2. The van der Waals surface area contributed by atoms with Crippen molar-refractivity contribution in [3.05, 3.63) is 16.0 Å². The standard InChI is InChI=1S/C16H25N3O4S/c1-16(2)22-9-10(23-16)8-21-15(20)19-5-4-11-12(6-17)14(18-3)24-13(11)7-19/h10,18H,4-9,17H2,1-3H3. The van der Waals surface area contributed by atoms with Gasteiger partial charge in [-0.1, -0.05) is 0 Å². The molecule has 1 amide bonds. The summed E-state index contributed by atoms with van der Waals surface area (Å²) in [5, 5.41) is 4.29. The molecule has 2 aliphatic rings. The first-order valence-electron chi connectivity index (χ1n) is 8.18. The Hall–Kier alpha value is -1.35. The van der Waals surface area contributed by atoms with E-state index in [-0.39, 0.29) is 18.8 Å². The highest BCUT2D eigenvalue weighted by Gasteiger charge is 2.34. The van der Waals surface area contributed by atoms with E-state index >= 15 is 0 Å². The number of nitrogens with two attached hydrogens (primary N) is 1. The van der Waals surface area contributed by atoms with E-state index in [1.54, 1.807) is 16.2 Å². The molecule has 0 radical (unpaired) electrons. The van der Waals surface area contributed by atoms with Gasteiger partial charge in [0.1, 0.15) is 12.7 Å². The summed E-state index contributed by atoms with van der Waals surface area (Å²) in [6.45, 7) is 6.10. The average molecular weight is 355 g/mol. The summed E-state index contributed by atoms with van der Waals surface area (Å²) in [5.41, 5.74) is 8.32. The number of nitrogens with one attached hydrogen (secondary N) is 1. The van der Waals surface area contributed by atoms with E-state index in [1.807, 2.05) is 20.9 Å². The van der Waals surface area contributed by atoms with E-state index in [0.717, 1.165) is 11.4 Å². The van der Waals surface area contributed by atoms with Gasteiger partial charge >= 0.3 is 6.09 Å². The summed E-state index contributed by atoms with van der Waals surface area (Å²) in [7, 11) is 1.90. The van der Waals surface area contributed by atoms with E-state index in [0.29, 0.717) is 26.2 Å². The molecule has 0 saturated carbocycles. The van der Waals surface area contributed by atoms with Gasteiger partial charge in [-0.15, -0.1) is 11.3 Å². The number of nitrogens with zero attached hydrogens (tertiary/aromatic N) is 1. The summed E-state index contributed by atoms with van der Waals surface area (Å²) in [5.74, 6) is -0.601. The summed E-state index contributed by atoms with van der Waals surface area (Å²) < 4.78 is 16.5. The highest BCUT2D eigenvalue weighted by Crippen LogP contribution is 2.36. The molecule has 3 N–H and O–H groups in total. The van der Waals surface area contributed by atoms with Crippen molar-refractivity contribution in [2.24, 2.45) is 5.73 Å². The zero-order valence-electron chi connectivity index (χ0n) is 14.4. The molecule has 0 aromatic carbocycles. The molecule has 1 unspecified atom stereocenters. The number of ether oxygens (including phenoxy) is 3. The molecule has 1 aromatic heterocycles. The van der Waals surface area contributed by atoms with Crippen molar-refractivity contribution >= 4 is 22.4 Å². The molecule has 1 atom stereocenters. The zero-order chi connectivity index (χ0) is 17.3. The number of fused-ring (bicyclic) bond motifs is 1. The van der Waals surface area contributed by atoms with Crippen molar-refractivity contribution in [2.45, 2.75) is 45.2 Å². The Morgan fingerprint density at radius 2 is 2.33 bits per heavy atom. The Bertz CT molecular complexity index is 617. The van der Waals surface area contributed by atoms with Crippen LogP contribution in [-0.4, -0.2) is 49.7 Å². The van der Waals surface area contributed by atoms with Crippen LogP contribution in [0.15, 0.2) is 0 Å². The number of hydrogen-bond donors (Lipinski definition) is 2. The molecular weight excluding hydrogens is 330 g/mol. The third kappa shape index (κ3) is 3.51. The molecule has 3 rings (SSSR count). The molecule has 24 heavy (non-hydrogen) atoms. The lowest BCUT2D eigenvalue weighted by Crippen LogP contribution is -2.37. The highest BCUT2D eigenvalue weighted by atomic mass is 32.1. The summed E-state index contributed by atoms with van der Waals surface area (Å²) in [6.07, 6.45) is 0.305. The monoisotopic (exact) mass is 355 g/mol. The molecule has 0 spiro atoms. The third-order valence-electron chi connectivity index (χ3n) is 4.32. The fraction of sp³-hybridized carbons (Fsp3) is 0.688. The molecule has 1 fully saturated rings. The maximum Gasteiger partial charge on any atom is 0.410 e. The van der Waals surface area contributed by atoms with Crippen LogP contribution in [0.2, 0.25) is 0 Å². The second kappa shape index (κ2) is 6.87. The lowest BCUT2D eigenvalue weighted by Gasteiger charge is -2.27. The van der Waals surface area contributed by atoms with Crippen LogP contribution in [0, 0.1) is 0 Å². The predicted octanol–water partition coefficient (Wildman–Crippen LogP) is 1.89. The molecule has 1 saturated heterocycles. The first-order valence-corrected chi connectivity index (χ1v) is 9.00. The number of rotatable bonds is 4. The lowest BCUT2D eigenvalue weighted by molar-refractivity contribution is -0.143. The Balaban J connectivity index is 1.57. The van der Waals surface area contributed by atoms with Crippen LogP contribution in [0.5, 0.6) is 0 Å².